The Morgan fingerprint density at radius 3 is 2.71 bits per heavy atom. The molecule has 2 aromatic rings. The van der Waals surface area contributed by atoms with Crippen molar-refractivity contribution in [3.05, 3.63) is 35.2 Å². The second kappa shape index (κ2) is 2.88. The Labute approximate surface area is 81.9 Å². The molecule has 2 rings (SSSR count). The molecule has 0 amide bonds. The summed E-state index contributed by atoms with van der Waals surface area (Å²) < 4.78 is 38.5. The van der Waals surface area contributed by atoms with Crippen molar-refractivity contribution in [3.8, 4) is 0 Å². The van der Waals surface area contributed by atoms with E-state index in [0.29, 0.717) is 0 Å². The average molecular weight is 221 g/mol. The summed E-state index contributed by atoms with van der Waals surface area (Å²) in [7, 11) is 0. The molecule has 0 bridgehead atoms. The van der Waals surface area contributed by atoms with Crippen LogP contribution in [0.25, 0.3) is 5.65 Å². The van der Waals surface area contributed by atoms with Gasteiger partial charge in [0.2, 0.25) is 0 Å². The molecule has 0 aromatic carbocycles. The smallest absolute Gasteiger partial charge is 0.290 e. The molecular formula is C8H4ClF3N2. The van der Waals surface area contributed by atoms with Gasteiger partial charge in [0.25, 0.3) is 0 Å². The van der Waals surface area contributed by atoms with Crippen molar-refractivity contribution >= 4 is 17.2 Å². The first-order chi connectivity index (χ1) is 6.50. The van der Waals surface area contributed by atoms with Crippen LogP contribution in [0.1, 0.15) is 5.56 Å². The lowest BCUT2D eigenvalue weighted by atomic mass is 10.2. The number of hydrogen-bond donors (Lipinski definition) is 0. The second-order valence-electron chi connectivity index (χ2n) is 2.69. The minimum absolute atomic E-state index is 0.158. The Bertz CT molecular complexity index is 475. The molecule has 74 valence electrons. The van der Waals surface area contributed by atoms with Crippen molar-refractivity contribution < 1.29 is 13.2 Å². The molecular weight excluding hydrogens is 217 g/mol. The molecule has 2 aromatic heterocycles. The predicted molar refractivity (Wildman–Crippen MR) is 45.2 cm³/mol. The molecule has 0 saturated carbocycles. The van der Waals surface area contributed by atoms with E-state index in [9.17, 15) is 13.2 Å². The van der Waals surface area contributed by atoms with Gasteiger partial charge in [-0.3, -0.25) is 4.40 Å². The van der Waals surface area contributed by atoms with Crippen LogP contribution in [0.4, 0.5) is 13.2 Å². The fourth-order valence-electron chi connectivity index (χ4n) is 1.20. The highest BCUT2D eigenvalue weighted by Gasteiger charge is 2.33. The quantitative estimate of drug-likeness (QED) is 0.667. The minimum Gasteiger partial charge on any atom is -0.290 e. The highest BCUT2D eigenvalue weighted by atomic mass is 35.5. The normalized spacial score (nSPS) is 12.3. The molecule has 0 aliphatic rings. The van der Waals surface area contributed by atoms with E-state index in [1.54, 1.807) is 0 Å². The molecule has 0 radical (unpaired) electrons. The van der Waals surface area contributed by atoms with Gasteiger partial charge in [-0.05, 0) is 12.1 Å². The topological polar surface area (TPSA) is 17.3 Å². The van der Waals surface area contributed by atoms with Gasteiger partial charge in [-0.2, -0.15) is 13.2 Å². The first-order valence-electron chi connectivity index (χ1n) is 3.69. The highest BCUT2D eigenvalue weighted by Crippen LogP contribution is 2.32. The number of hydrogen-bond acceptors (Lipinski definition) is 1. The largest absolute Gasteiger partial charge is 0.419 e. The molecule has 0 saturated heterocycles. The van der Waals surface area contributed by atoms with Crippen molar-refractivity contribution in [1.82, 2.24) is 9.38 Å². The van der Waals surface area contributed by atoms with Crippen LogP contribution in [0, 0.1) is 0 Å². The van der Waals surface area contributed by atoms with Crippen LogP contribution < -0.4 is 0 Å². The van der Waals surface area contributed by atoms with E-state index in [4.69, 9.17) is 11.6 Å². The van der Waals surface area contributed by atoms with Gasteiger partial charge in [-0.1, -0.05) is 11.6 Å². The standard InChI is InChI=1S/C8H4ClF3N2/c9-6-4-13-7-5(8(10,11)12)2-1-3-14(6)7/h1-4H. The SMILES string of the molecule is FC(F)(F)c1cccn2c(Cl)cnc12. The summed E-state index contributed by atoms with van der Waals surface area (Å²) in [5.74, 6) is 0. The Morgan fingerprint density at radius 2 is 2.07 bits per heavy atom. The minimum atomic E-state index is -4.41. The van der Waals surface area contributed by atoms with E-state index in [1.807, 2.05) is 0 Å². The average Bonchev–Trinajstić information content (AvgIpc) is 2.46. The van der Waals surface area contributed by atoms with Crippen LogP contribution in [0.15, 0.2) is 24.5 Å². The zero-order valence-electron chi connectivity index (χ0n) is 6.72. The van der Waals surface area contributed by atoms with E-state index in [2.05, 4.69) is 4.98 Å². The number of halogens is 4. The molecule has 0 fully saturated rings. The molecule has 2 heterocycles. The summed E-state index contributed by atoms with van der Waals surface area (Å²) in [6.07, 6.45) is -1.79. The van der Waals surface area contributed by atoms with Crippen molar-refractivity contribution in [2.75, 3.05) is 0 Å². The predicted octanol–water partition coefficient (Wildman–Crippen LogP) is 3.01. The van der Waals surface area contributed by atoms with Gasteiger partial charge in [0.15, 0.2) is 0 Å². The molecule has 0 aliphatic heterocycles. The monoisotopic (exact) mass is 220 g/mol. The summed E-state index contributed by atoms with van der Waals surface area (Å²) in [5.41, 5.74) is -0.961. The van der Waals surface area contributed by atoms with Crippen LogP contribution in [-0.2, 0) is 6.18 Å². The third-order valence-corrected chi connectivity index (χ3v) is 2.08. The fraction of sp³-hybridized carbons (Fsp3) is 0.125. The summed E-state index contributed by atoms with van der Waals surface area (Å²) in [6.45, 7) is 0. The summed E-state index contributed by atoms with van der Waals surface area (Å²) in [6, 6.07) is 2.25. The van der Waals surface area contributed by atoms with Gasteiger partial charge in [0, 0.05) is 6.20 Å². The van der Waals surface area contributed by atoms with Gasteiger partial charge in [0.1, 0.15) is 10.8 Å². The molecule has 0 unspecified atom stereocenters. The third kappa shape index (κ3) is 1.33. The zero-order chi connectivity index (χ0) is 10.3. The Kier molecular flexibility index (Phi) is 1.92. The van der Waals surface area contributed by atoms with Gasteiger partial charge in [0.05, 0.1) is 11.8 Å². The number of aromatic nitrogens is 2. The van der Waals surface area contributed by atoms with Gasteiger partial charge in [-0.15, -0.1) is 0 Å². The second-order valence-corrected chi connectivity index (χ2v) is 3.08. The summed E-state index contributed by atoms with van der Waals surface area (Å²) in [4.78, 5) is 3.60. The number of nitrogens with zero attached hydrogens (tertiary/aromatic N) is 2. The van der Waals surface area contributed by atoms with Gasteiger partial charge in [-0.25, -0.2) is 4.98 Å². The van der Waals surface area contributed by atoms with Gasteiger partial charge < -0.3 is 0 Å². The molecule has 0 aliphatic carbocycles. The third-order valence-electron chi connectivity index (χ3n) is 1.80. The first kappa shape index (κ1) is 9.33. The first-order valence-corrected chi connectivity index (χ1v) is 4.07. The number of fused-ring (bicyclic) bond motifs is 1. The maximum absolute atomic E-state index is 12.4. The van der Waals surface area contributed by atoms with Crippen LogP contribution in [0.2, 0.25) is 5.15 Å². The van der Waals surface area contributed by atoms with Crippen molar-refractivity contribution in [2.45, 2.75) is 6.18 Å². The molecule has 6 heteroatoms. The maximum Gasteiger partial charge on any atom is 0.419 e. The molecule has 0 spiro atoms. The lowest BCUT2D eigenvalue weighted by molar-refractivity contribution is -0.136. The summed E-state index contributed by atoms with van der Waals surface area (Å²) >= 11 is 5.63. The lowest BCUT2D eigenvalue weighted by Crippen LogP contribution is -2.07. The molecule has 2 nitrogen and oxygen atoms in total. The van der Waals surface area contributed by atoms with Crippen molar-refractivity contribution in [3.63, 3.8) is 0 Å². The van der Waals surface area contributed by atoms with Crippen LogP contribution in [0.5, 0.6) is 0 Å². The van der Waals surface area contributed by atoms with E-state index in [-0.39, 0.29) is 10.8 Å². The molecule has 14 heavy (non-hydrogen) atoms. The Balaban J connectivity index is 2.79. The Hall–Kier alpha value is -1.23. The number of alkyl halides is 3. The zero-order valence-corrected chi connectivity index (χ0v) is 7.47. The highest BCUT2D eigenvalue weighted by molar-refractivity contribution is 6.29. The number of pyridine rings is 1. The fourth-order valence-corrected chi connectivity index (χ4v) is 1.39. The molecule has 0 atom stereocenters. The van der Waals surface area contributed by atoms with Crippen LogP contribution >= 0.6 is 11.6 Å². The van der Waals surface area contributed by atoms with Crippen molar-refractivity contribution in [1.29, 1.82) is 0 Å². The maximum atomic E-state index is 12.4. The number of imidazole rings is 1. The van der Waals surface area contributed by atoms with Crippen molar-refractivity contribution in [2.24, 2.45) is 0 Å². The Morgan fingerprint density at radius 1 is 1.36 bits per heavy atom. The molecule has 0 N–H and O–H groups in total. The summed E-state index contributed by atoms with van der Waals surface area (Å²) in [5, 5.41) is 0.158. The van der Waals surface area contributed by atoms with Crippen LogP contribution in [-0.4, -0.2) is 9.38 Å². The van der Waals surface area contributed by atoms with E-state index >= 15 is 0 Å². The van der Waals surface area contributed by atoms with E-state index in [0.717, 1.165) is 6.07 Å². The van der Waals surface area contributed by atoms with Crippen LogP contribution in [0.3, 0.4) is 0 Å². The van der Waals surface area contributed by atoms with E-state index in [1.165, 1.54) is 22.9 Å². The number of rotatable bonds is 0. The lowest BCUT2D eigenvalue weighted by Gasteiger charge is -2.07. The van der Waals surface area contributed by atoms with Gasteiger partial charge >= 0.3 is 6.18 Å². The van der Waals surface area contributed by atoms with E-state index < -0.39 is 11.7 Å².